The zero-order valence-electron chi connectivity index (χ0n) is 21.2. The largest absolute Gasteiger partial charge is 0.254 e. The van der Waals surface area contributed by atoms with E-state index in [-0.39, 0.29) is 5.92 Å². The number of hydrogen-bond donors (Lipinski definition) is 0. The van der Waals surface area contributed by atoms with Gasteiger partial charge in [0, 0.05) is 40.0 Å². The van der Waals surface area contributed by atoms with Gasteiger partial charge in [0.15, 0.2) is 11.5 Å². The molecule has 7 aromatic rings. The molecule has 0 spiro atoms. The molecule has 182 valence electrons. The van der Waals surface area contributed by atoms with E-state index in [0.29, 0.717) is 5.82 Å². The van der Waals surface area contributed by atoms with Gasteiger partial charge in [0.05, 0.1) is 11.0 Å². The number of hydrogen-bond acceptors (Lipinski definition) is 4. The first-order chi connectivity index (χ1) is 18.7. The van der Waals surface area contributed by atoms with E-state index in [4.69, 9.17) is 15.1 Å². The molecule has 4 aromatic heterocycles. The summed E-state index contributed by atoms with van der Waals surface area (Å²) in [5.41, 5.74) is 9.16. The number of aromatic nitrogens is 5. The van der Waals surface area contributed by atoms with E-state index in [1.807, 2.05) is 47.2 Å². The number of pyridine rings is 3. The summed E-state index contributed by atoms with van der Waals surface area (Å²) in [6, 6.07) is 33.5. The molecule has 0 amide bonds. The summed E-state index contributed by atoms with van der Waals surface area (Å²) < 4.78 is 1.86. The molecule has 0 N–H and O–H groups in total. The first-order valence-corrected chi connectivity index (χ1v) is 12.9. The Hall–Kier alpha value is -4.90. The fraction of sp³-hybridized carbons (Fsp3) is 0.0909. The Bertz CT molecular complexity index is 1950. The Labute approximate surface area is 220 Å². The molecule has 0 fully saturated rings. The molecule has 0 unspecified atom stereocenters. The van der Waals surface area contributed by atoms with E-state index < -0.39 is 0 Å². The lowest BCUT2D eigenvalue weighted by atomic mass is 9.95. The molecule has 0 saturated heterocycles. The monoisotopic (exact) mass is 491 g/mol. The fourth-order valence-corrected chi connectivity index (χ4v) is 5.08. The topological polar surface area (TPSA) is 56.0 Å². The van der Waals surface area contributed by atoms with Gasteiger partial charge in [-0.3, -0.25) is 9.97 Å². The quantitative estimate of drug-likeness (QED) is 0.234. The molecule has 5 heteroatoms. The molecule has 0 atom stereocenters. The minimum atomic E-state index is 0.289. The van der Waals surface area contributed by atoms with Crippen LogP contribution < -0.4 is 0 Å². The van der Waals surface area contributed by atoms with Crippen LogP contribution in [0.4, 0.5) is 0 Å². The Kier molecular flexibility index (Phi) is 5.22. The van der Waals surface area contributed by atoms with Crippen molar-refractivity contribution in [3.8, 4) is 33.6 Å². The van der Waals surface area contributed by atoms with Crippen LogP contribution in [0.25, 0.3) is 61.1 Å². The predicted octanol–water partition coefficient (Wildman–Crippen LogP) is 7.95. The molecule has 7 rings (SSSR count). The van der Waals surface area contributed by atoms with E-state index in [2.05, 4.69) is 85.6 Å². The van der Waals surface area contributed by atoms with Crippen molar-refractivity contribution in [2.75, 3.05) is 0 Å². The lowest BCUT2D eigenvalue weighted by Crippen LogP contribution is -1.97. The highest BCUT2D eigenvalue weighted by Gasteiger charge is 2.16. The van der Waals surface area contributed by atoms with Crippen molar-refractivity contribution in [3.05, 3.63) is 115 Å². The molecule has 0 bridgehead atoms. The Balaban J connectivity index is 1.40. The molecule has 0 aliphatic rings. The van der Waals surface area contributed by atoms with Crippen LogP contribution in [0, 0.1) is 0 Å². The van der Waals surface area contributed by atoms with Gasteiger partial charge in [-0.05, 0) is 52.9 Å². The highest BCUT2D eigenvalue weighted by Crippen LogP contribution is 2.35. The number of benzene rings is 3. The summed E-state index contributed by atoms with van der Waals surface area (Å²) in [5, 5.41) is 7.02. The predicted molar refractivity (Wildman–Crippen MR) is 154 cm³/mol. The average Bonchev–Trinajstić information content (AvgIpc) is 3.42. The molecule has 5 nitrogen and oxygen atoms in total. The van der Waals surface area contributed by atoms with Gasteiger partial charge in [0.1, 0.15) is 0 Å². The summed E-state index contributed by atoms with van der Waals surface area (Å²) in [6.07, 6.45) is 3.79. The van der Waals surface area contributed by atoms with E-state index in [1.54, 1.807) is 0 Å². The average molecular weight is 492 g/mol. The molecular weight excluding hydrogens is 466 g/mol. The van der Waals surface area contributed by atoms with Gasteiger partial charge in [0.2, 0.25) is 0 Å². The van der Waals surface area contributed by atoms with Gasteiger partial charge in [0.25, 0.3) is 0 Å². The van der Waals surface area contributed by atoms with E-state index in [1.165, 1.54) is 0 Å². The summed E-state index contributed by atoms with van der Waals surface area (Å²) in [4.78, 5) is 14.7. The molecule has 0 aliphatic carbocycles. The van der Waals surface area contributed by atoms with Crippen molar-refractivity contribution in [1.82, 2.24) is 24.6 Å². The summed E-state index contributed by atoms with van der Waals surface area (Å²) in [5.74, 6) is 0.988. The summed E-state index contributed by atoms with van der Waals surface area (Å²) in [7, 11) is 0. The SMILES string of the molecule is CC(C)c1cc(-c2cccc(-c3nc4c(-c5ccccc5)cccn4n3)c2)c2ccc3cccnc3c2n1. The van der Waals surface area contributed by atoms with Gasteiger partial charge < -0.3 is 0 Å². The molecule has 38 heavy (non-hydrogen) atoms. The van der Waals surface area contributed by atoms with Crippen molar-refractivity contribution < 1.29 is 0 Å². The lowest BCUT2D eigenvalue weighted by molar-refractivity contribution is 0.831. The van der Waals surface area contributed by atoms with Gasteiger partial charge in [-0.15, -0.1) is 5.10 Å². The molecule has 0 aliphatic heterocycles. The maximum atomic E-state index is 5.05. The highest BCUT2D eigenvalue weighted by atomic mass is 15.3. The van der Waals surface area contributed by atoms with Gasteiger partial charge in [-0.1, -0.05) is 80.6 Å². The molecule has 4 heterocycles. The van der Waals surface area contributed by atoms with Gasteiger partial charge in [-0.25, -0.2) is 9.50 Å². The highest BCUT2D eigenvalue weighted by molar-refractivity contribution is 6.08. The van der Waals surface area contributed by atoms with E-state index in [9.17, 15) is 0 Å². The first kappa shape index (κ1) is 22.3. The van der Waals surface area contributed by atoms with Crippen molar-refractivity contribution in [2.24, 2.45) is 0 Å². The van der Waals surface area contributed by atoms with Crippen LogP contribution in [-0.2, 0) is 0 Å². The van der Waals surface area contributed by atoms with Crippen molar-refractivity contribution in [1.29, 1.82) is 0 Å². The fourth-order valence-electron chi connectivity index (χ4n) is 5.08. The molecule has 0 saturated carbocycles. The van der Waals surface area contributed by atoms with E-state index >= 15 is 0 Å². The minimum Gasteiger partial charge on any atom is -0.254 e. The zero-order valence-corrected chi connectivity index (χ0v) is 21.2. The second kappa shape index (κ2) is 8.89. The smallest absolute Gasteiger partial charge is 0.182 e. The van der Waals surface area contributed by atoms with Crippen molar-refractivity contribution in [2.45, 2.75) is 19.8 Å². The van der Waals surface area contributed by atoms with Crippen molar-refractivity contribution in [3.63, 3.8) is 0 Å². The Morgan fingerprint density at radius 2 is 1.50 bits per heavy atom. The number of fused-ring (bicyclic) bond motifs is 4. The second-order valence-electron chi connectivity index (χ2n) is 9.86. The summed E-state index contributed by atoms with van der Waals surface area (Å²) in [6.45, 7) is 4.36. The van der Waals surface area contributed by atoms with Crippen LogP contribution in [-0.4, -0.2) is 24.6 Å². The van der Waals surface area contributed by atoms with Crippen LogP contribution in [0.2, 0.25) is 0 Å². The number of rotatable bonds is 4. The molecule has 0 radical (unpaired) electrons. The van der Waals surface area contributed by atoms with Crippen LogP contribution >= 0.6 is 0 Å². The molecule has 3 aromatic carbocycles. The molecular formula is C33H25N5. The van der Waals surface area contributed by atoms with Gasteiger partial charge in [-0.2, -0.15) is 0 Å². The third-order valence-corrected chi connectivity index (χ3v) is 7.04. The zero-order chi connectivity index (χ0) is 25.6. The minimum absolute atomic E-state index is 0.289. The van der Waals surface area contributed by atoms with E-state index in [0.717, 1.165) is 61.0 Å². The lowest BCUT2D eigenvalue weighted by Gasteiger charge is -2.14. The van der Waals surface area contributed by atoms with Crippen LogP contribution in [0.1, 0.15) is 25.5 Å². The van der Waals surface area contributed by atoms with Crippen LogP contribution in [0.5, 0.6) is 0 Å². The normalized spacial score (nSPS) is 11.7. The maximum Gasteiger partial charge on any atom is 0.182 e. The Morgan fingerprint density at radius 1 is 0.658 bits per heavy atom. The van der Waals surface area contributed by atoms with Gasteiger partial charge >= 0.3 is 0 Å². The van der Waals surface area contributed by atoms with Crippen LogP contribution in [0.15, 0.2) is 109 Å². The second-order valence-corrected chi connectivity index (χ2v) is 9.86. The third-order valence-electron chi connectivity index (χ3n) is 7.04. The van der Waals surface area contributed by atoms with Crippen molar-refractivity contribution >= 4 is 27.5 Å². The van der Waals surface area contributed by atoms with Crippen LogP contribution in [0.3, 0.4) is 0 Å². The first-order valence-electron chi connectivity index (χ1n) is 12.9. The Morgan fingerprint density at radius 3 is 2.37 bits per heavy atom. The maximum absolute atomic E-state index is 5.05. The summed E-state index contributed by atoms with van der Waals surface area (Å²) >= 11 is 0. The standard InChI is InChI=1S/C33H25N5/c1-21(2)29-20-28(27-16-15-23-13-7-17-34-30(23)31(27)35-29)24-11-6-12-25(19-24)32-36-33-26(14-8-18-38(33)37-32)22-9-4-3-5-10-22/h3-21H,1-2H3. The number of nitrogens with zero attached hydrogens (tertiary/aromatic N) is 5. The third kappa shape index (κ3) is 3.71.